The van der Waals surface area contributed by atoms with Gasteiger partial charge >= 0.3 is 0 Å². The number of halogens is 1. The SMILES string of the molecule is CCOc1ccc(CO)c(Br)c1. The van der Waals surface area contributed by atoms with Gasteiger partial charge in [0.1, 0.15) is 5.75 Å². The monoisotopic (exact) mass is 230 g/mol. The fourth-order valence-corrected chi connectivity index (χ4v) is 1.40. The number of benzene rings is 1. The average molecular weight is 231 g/mol. The number of hydrogen-bond donors (Lipinski definition) is 1. The first-order chi connectivity index (χ1) is 5.77. The quantitative estimate of drug-likeness (QED) is 0.865. The second-order valence-electron chi connectivity index (χ2n) is 2.34. The third-order valence-corrected chi connectivity index (χ3v) is 2.24. The Hall–Kier alpha value is -0.540. The lowest BCUT2D eigenvalue weighted by Gasteiger charge is -2.05. The van der Waals surface area contributed by atoms with Crippen molar-refractivity contribution in [2.24, 2.45) is 0 Å². The molecular weight excluding hydrogens is 220 g/mol. The fraction of sp³-hybridized carbons (Fsp3) is 0.333. The van der Waals surface area contributed by atoms with E-state index in [2.05, 4.69) is 15.9 Å². The zero-order valence-corrected chi connectivity index (χ0v) is 8.47. The van der Waals surface area contributed by atoms with E-state index in [9.17, 15) is 0 Å². The molecule has 3 heteroatoms. The van der Waals surface area contributed by atoms with Crippen molar-refractivity contribution in [3.8, 4) is 5.75 Å². The van der Waals surface area contributed by atoms with Crippen LogP contribution in [0.25, 0.3) is 0 Å². The Morgan fingerprint density at radius 3 is 2.75 bits per heavy atom. The largest absolute Gasteiger partial charge is 0.494 e. The van der Waals surface area contributed by atoms with Gasteiger partial charge in [0.2, 0.25) is 0 Å². The average Bonchev–Trinajstić information content (AvgIpc) is 2.05. The molecule has 2 nitrogen and oxygen atoms in total. The van der Waals surface area contributed by atoms with Gasteiger partial charge in [-0.1, -0.05) is 22.0 Å². The fourth-order valence-electron chi connectivity index (χ4n) is 0.913. The van der Waals surface area contributed by atoms with Gasteiger partial charge in [0.05, 0.1) is 13.2 Å². The smallest absolute Gasteiger partial charge is 0.120 e. The van der Waals surface area contributed by atoms with Crippen molar-refractivity contribution in [1.29, 1.82) is 0 Å². The van der Waals surface area contributed by atoms with Crippen LogP contribution in [0.5, 0.6) is 5.75 Å². The minimum Gasteiger partial charge on any atom is -0.494 e. The summed E-state index contributed by atoms with van der Waals surface area (Å²) in [6, 6.07) is 5.55. The molecule has 0 radical (unpaired) electrons. The lowest BCUT2D eigenvalue weighted by Crippen LogP contribution is -1.92. The summed E-state index contributed by atoms with van der Waals surface area (Å²) in [6.45, 7) is 2.64. The van der Waals surface area contributed by atoms with Gasteiger partial charge in [0, 0.05) is 4.47 Å². The predicted octanol–water partition coefficient (Wildman–Crippen LogP) is 2.34. The van der Waals surface area contributed by atoms with Crippen molar-refractivity contribution >= 4 is 15.9 Å². The molecule has 1 aromatic rings. The maximum Gasteiger partial charge on any atom is 0.120 e. The van der Waals surface area contributed by atoms with Gasteiger partial charge in [0.25, 0.3) is 0 Å². The summed E-state index contributed by atoms with van der Waals surface area (Å²) in [7, 11) is 0. The highest BCUT2D eigenvalue weighted by Gasteiger charge is 1.99. The van der Waals surface area contributed by atoms with Gasteiger partial charge in [-0.05, 0) is 24.6 Å². The van der Waals surface area contributed by atoms with Crippen LogP contribution in [0, 0.1) is 0 Å². The molecule has 0 aliphatic heterocycles. The number of hydrogen-bond acceptors (Lipinski definition) is 2. The van der Waals surface area contributed by atoms with E-state index in [-0.39, 0.29) is 6.61 Å². The minimum atomic E-state index is 0.0486. The highest BCUT2D eigenvalue weighted by molar-refractivity contribution is 9.10. The van der Waals surface area contributed by atoms with E-state index < -0.39 is 0 Å². The molecule has 0 aromatic heterocycles. The molecule has 66 valence electrons. The van der Waals surface area contributed by atoms with E-state index in [1.54, 1.807) is 0 Å². The van der Waals surface area contributed by atoms with Gasteiger partial charge < -0.3 is 9.84 Å². The van der Waals surface area contributed by atoms with Crippen molar-refractivity contribution in [2.75, 3.05) is 6.61 Å². The van der Waals surface area contributed by atoms with Crippen LogP contribution >= 0.6 is 15.9 Å². The molecule has 0 aliphatic carbocycles. The minimum absolute atomic E-state index is 0.0486. The lowest BCUT2D eigenvalue weighted by atomic mass is 10.2. The van der Waals surface area contributed by atoms with Crippen molar-refractivity contribution < 1.29 is 9.84 Å². The maximum atomic E-state index is 8.87. The van der Waals surface area contributed by atoms with Gasteiger partial charge in [0.15, 0.2) is 0 Å². The molecule has 0 amide bonds. The summed E-state index contributed by atoms with van der Waals surface area (Å²) in [5.41, 5.74) is 0.874. The van der Waals surface area contributed by atoms with Crippen LogP contribution in [-0.4, -0.2) is 11.7 Å². The first-order valence-electron chi connectivity index (χ1n) is 3.80. The third-order valence-electron chi connectivity index (χ3n) is 1.51. The molecule has 0 fully saturated rings. The molecule has 0 spiro atoms. The molecule has 0 unspecified atom stereocenters. The van der Waals surface area contributed by atoms with Crippen LogP contribution in [0.2, 0.25) is 0 Å². The van der Waals surface area contributed by atoms with Crippen LogP contribution < -0.4 is 4.74 Å². The summed E-state index contributed by atoms with van der Waals surface area (Å²) in [5, 5.41) is 8.87. The Morgan fingerprint density at radius 1 is 1.50 bits per heavy atom. The third kappa shape index (κ3) is 2.22. The van der Waals surface area contributed by atoms with Crippen molar-refractivity contribution in [3.63, 3.8) is 0 Å². The van der Waals surface area contributed by atoms with Gasteiger partial charge in [-0.3, -0.25) is 0 Å². The summed E-state index contributed by atoms with van der Waals surface area (Å²) < 4.78 is 6.16. The van der Waals surface area contributed by atoms with Crippen molar-refractivity contribution in [3.05, 3.63) is 28.2 Å². The lowest BCUT2D eigenvalue weighted by molar-refractivity contribution is 0.280. The van der Waals surface area contributed by atoms with Crippen LogP contribution in [-0.2, 0) is 6.61 Å². The Bertz CT molecular complexity index is 261. The normalized spacial score (nSPS) is 9.92. The van der Waals surface area contributed by atoms with Crippen LogP contribution in [0.15, 0.2) is 22.7 Å². The summed E-state index contributed by atoms with van der Waals surface area (Å²) in [4.78, 5) is 0. The first kappa shape index (κ1) is 9.55. The number of aliphatic hydroxyl groups is 1. The second-order valence-corrected chi connectivity index (χ2v) is 3.20. The maximum absolute atomic E-state index is 8.87. The van der Waals surface area contributed by atoms with Crippen LogP contribution in [0.1, 0.15) is 12.5 Å². The molecular formula is C9H11BrO2. The summed E-state index contributed by atoms with van der Waals surface area (Å²) in [5.74, 6) is 0.821. The highest BCUT2D eigenvalue weighted by atomic mass is 79.9. The zero-order chi connectivity index (χ0) is 8.97. The molecule has 0 aliphatic rings. The van der Waals surface area contributed by atoms with Crippen LogP contribution in [0.3, 0.4) is 0 Å². The number of aliphatic hydroxyl groups excluding tert-OH is 1. The van der Waals surface area contributed by atoms with E-state index in [0.29, 0.717) is 6.61 Å². The van der Waals surface area contributed by atoms with E-state index >= 15 is 0 Å². The molecule has 1 N–H and O–H groups in total. The molecule has 1 rings (SSSR count). The Morgan fingerprint density at radius 2 is 2.25 bits per heavy atom. The molecule has 1 aromatic carbocycles. The van der Waals surface area contributed by atoms with Crippen LogP contribution in [0.4, 0.5) is 0 Å². The molecule has 0 saturated heterocycles. The van der Waals surface area contributed by atoms with Gasteiger partial charge in [-0.15, -0.1) is 0 Å². The number of ether oxygens (including phenoxy) is 1. The van der Waals surface area contributed by atoms with Gasteiger partial charge in [-0.25, -0.2) is 0 Å². The molecule has 12 heavy (non-hydrogen) atoms. The van der Waals surface area contributed by atoms with Crippen molar-refractivity contribution in [1.82, 2.24) is 0 Å². The molecule has 0 atom stereocenters. The molecule has 0 bridgehead atoms. The standard InChI is InChI=1S/C9H11BrO2/c1-2-12-8-4-3-7(6-11)9(10)5-8/h3-5,11H,2,6H2,1H3. The van der Waals surface area contributed by atoms with Crippen molar-refractivity contribution in [2.45, 2.75) is 13.5 Å². The highest BCUT2D eigenvalue weighted by Crippen LogP contribution is 2.22. The summed E-state index contributed by atoms with van der Waals surface area (Å²) >= 11 is 3.34. The van der Waals surface area contributed by atoms with E-state index in [0.717, 1.165) is 15.8 Å². The summed E-state index contributed by atoms with van der Waals surface area (Å²) in [6.07, 6.45) is 0. The topological polar surface area (TPSA) is 29.5 Å². The van der Waals surface area contributed by atoms with Gasteiger partial charge in [-0.2, -0.15) is 0 Å². The Labute approximate surface area is 80.3 Å². The molecule has 0 heterocycles. The Kier molecular flexibility index (Phi) is 3.56. The first-order valence-corrected chi connectivity index (χ1v) is 4.59. The van der Waals surface area contributed by atoms with E-state index in [1.807, 2.05) is 25.1 Å². The predicted molar refractivity (Wildman–Crippen MR) is 51.2 cm³/mol. The second kappa shape index (κ2) is 4.48. The molecule has 0 saturated carbocycles. The Balaban J connectivity index is 2.86. The zero-order valence-electron chi connectivity index (χ0n) is 6.88. The van der Waals surface area contributed by atoms with E-state index in [1.165, 1.54) is 0 Å². The number of rotatable bonds is 3. The van der Waals surface area contributed by atoms with E-state index in [4.69, 9.17) is 9.84 Å².